The summed E-state index contributed by atoms with van der Waals surface area (Å²) < 4.78 is 62.6. The number of ether oxygens (including phenoxy) is 5. The van der Waals surface area contributed by atoms with Crippen LogP contribution in [-0.4, -0.2) is 87.7 Å². The largest absolute Gasteiger partial charge is 0.475 e. The van der Waals surface area contributed by atoms with E-state index in [-0.39, 0.29) is 38.4 Å². The quantitative estimate of drug-likeness (QED) is 0.0171. The van der Waals surface area contributed by atoms with Crippen LogP contribution in [0.3, 0.4) is 0 Å². The fourth-order valence-electron chi connectivity index (χ4n) is 5.70. The molecule has 0 radical (unpaired) electrons. The third kappa shape index (κ3) is 20.4. The molecule has 1 fully saturated rings. The lowest BCUT2D eigenvalue weighted by Gasteiger charge is -2.46. The number of hydrogen-bond donors (Lipinski definition) is 1. The lowest BCUT2D eigenvalue weighted by Crippen LogP contribution is -2.66. The number of hydrogen-bond acceptors (Lipinski definition) is 10. The Balaban J connectivity index is 3.29. The average molecular weight is 844 g/mol. The Hall–Kier alpha value is -0.830. The van der Waals surface area contributed by atoms with Gasteiger partial charge in [-0.1, -0.05) is 112 Å². The molecule has 50 heavy (non-hydrogen) atoms. The summed E-state index contributed by atoms with van der Waals surface area (Å²) in [6.07, 6.45) is 17.9. The van der Waals surface area contributed by atoms with E-state index in [1.165, 1.54) is 74.9 Å². The van der Waals surface area contributed by atoms with E-state index in [0.717, 1.165) is 38.5 Å². The van der Waals surface area contributed by atoms with E-state index in [9.17, 15) is 9.36 Å². The molecule has 6 atom stereocenters. The monoisotopic (exact) mass is 843 g/mol. The molecule has 0 aromatic carbocycles. The molecule has 292 valence electrons. The van der Waals surface area contributed by atoms with Gasteiger partial charge in [-0.2, -0.15) is 0 Å². The maximum atomic E-state index is 13.9. The zero-order valence-electron chi connectivity index (χ0n) is 31.2. The molecule has 1 rings (SSSR count). The smallest absolute Gasteiger partial charge is 0.471 e. The number of nitrogens with one attached hydrogen (secondary N) is 1. The lowest BCUT2D eigenvalue weighted by atomic mass is 9.96. The molecule has 0 aromatic heterocycles. The van der Waals surface area contributed by atoms with Gasteiger partial charge >= 0.3 is 7.82 Å². The first-order valence-corrected chi connectivity index (χ1v) is 21.5. The number of alkyl halides is 1. The summed E-state index contributed by atoms with van der Waals surface area (Å²) in [5, 5.41) is 3.11. The molecular formula is C37H67INO10P. The Kier molecular flexibility index (Phi) is 28.9. The van der Waals surface area contributed by atoms with E-state index in [2.05, 4.69) is 48.0 Å². The number of amides is 1. The van der Waals surface area contributed by atoms with Crippen LogP contribution in [0.4, 0.5) is 0 Å². The van der Waals surface area contributed by atoms with Crippen LogP contribution >= 0.6 is 30.4 Å². The van der Waals surface area contributed by atoms with Crippen molar-refractivity contribution in [3.05, 3.63) is 37.6 Å². The minimum atomic E-state index is -4.19. The first-order valence-electron chi connectivity index (χ1n) is 18.5. The van der Waals surface area contributed by atoms with Crippen molar-refractivity contribution < 1.29 is 46.6 Å². The molecule has 1 aliphatic heterocycles. The second-order valence-electron chi connectivity index (χ2n) is 12.5. The highest BCUT2D eigenvalue weighted by Gasteiger charge is 2.52. The van der Waals surface area contributed by atoms with Gasteiger partial charge in [-0.3, -0.25) is 18.4 Å². The van der Waals surface area contributed by atoms with Gasteiger partial charge in [0, 0.05) is 27.2 Å². The predicted octanol–water partition coefficient (Wildman–Crippen LogP) is 9.00. The fourth-order valence-corrected chi connectivity index (χ4v) is 7.57. The van der Waals surface area contributed by atoms with Crippen molar-refractivity contribution in [3.63, 3.8) is 0 Å². The minimum Gasteiger partial charge on any atom is -0.471 e. The topological polar surface area (TPSA) is 120 Å². The third-order valence-electron chi connectivity index (χ3n) is 8.36. The van der Waals surface area contributed by atoms with E-state index >= 15 is 0 Å². The van der Waals surface area contributed by atoms with E-state index < -0.39 is 38.5 Å². The summed E-state index contributed by atoms with van der Waals surface area (Å²) in [5.41, 5.74) is 0. The maximum absolute atomic E-state index is 13.9. The zero-order valence-corrected chi connectivity index (χ0v) is 34.3. The highest BCUT2D eigenvalue weighted by molar-refractivity contribution is 14.1. The highest BCUT2D eigenvalue weighted by Crippen LogP contribution is 2.52. The van der Waals surface area contributed by atoms with Gasteiger partial charge < -0.3 is 29.0 Å². The molecule has 1 saturated heterocycles. The summed E-state index contributed by atoms with van der Waals surface area (Å²) in [7, 11) is -0.947. The number of methoxy groups -OCH3 is 2. The van der Waals surface area contributed by atoms with Gasteiger partial charge in [-0.05, 0) is 37.0 Å². The van der Waals surface area contributed by atoms with E-state index in [4.69, 9.17) is 37.3 Å². The van der Waals surface area contributed by atoms with Gasteiger partial charge in [0.25, 0.3) is 0 Å². The van der Waals surface area contributed by atoms with Crippen molar-refractivity contribution in [3.8, 4) is 0 Å². The van der Waals surface area contributed by atoms with Gasteiger partial charge in [-0.15, -0.1) is 13.2 Å². The number of rotatable bonds is 33. The molecule has 0 saturated carbocycles. The van der Waals surface area contributed by atoms with Crippen molar-refractivity contribution in [2.24, 2.45) is 0 Å². The second-order valence-corrected chi connectivity index (χ2v) is 15.2. The molecule has 0 bridgehead atoms. The normalized spacial score (nSPS) is 21.7. The average Bonchev–Trinajstić information content (AvgIpc) is 3.11. The first-order chi connectivity index (χ1) is 24.3. The number of carbonyl (C=O) groups excluding carboxylic acids is 1. The van der Waals surface area contributed by atoms with Gasteiger partial charge in [0.1, 0.15) is 24.4 Å². The zero-order chi connectivity index (χ0) is 36.9. The summed E-state index contributed by atoms with van der Waals surface area (Å²) in [6.45, 7) is 11.5. The van der Waals surface area contributed by atoms with E-state index in [1.807, 2.05) is 6.92 Å². The second kappa shape index (κ2) is 30.6. The fraction of sp³-hybridized carbons (Fsp3) is 0.811. The standard InChI is InChI=1S/C37H67INO10P/c1-7-11-12-16-19-22-31(43-6)24-29-44-36-34(39-33(40)23-20-17-14-13-15-18-21-25-38)37(45-26-8-2)48-32(30-42-5)35(36)49-50(41,46-27-9-3)47-28-10-4/h8-10,26,31-32,34-37H,3-4,7,11-25,27-30H2,1-2,5-6H3,(H,39,40)/b26-8-/t31?,32?,34-,35-,36?,37+/m1/s1. The van der Waals surface area contributed by atoms with Crippen LogP contribution in [0.2, 0.25) is 0 Å². The number of halogens is 1. The van der Waals surface area contributed by atoms with Crippen molar-refractivity contribution >= 4 is 36.3 Å². The first kappa shape index (κ1) is 47.2. The maximum Gasteiger partial charge on any atom is 0.475 e. The molecular weight excluding hydrogens is 776 g/mol. The predicted molar refractivity (Wildman–Crippen MR) is 207 cm³/mol. The summed E-state index contributed by atoms with van der Waals surface area (Å²) >= 11 is 2.42. The molecule has 13 heteroatoms. The molecule has 1 N–H and O–H groups in total. The van der Waals surface area contributed by atoms with Gasteiger partial charge in [0.05, 0.1) is 32.2 Å². The molecule has 1 aliphatic rings. The Morgan fingerprint density at radius 1 is 0.920 bits per heavy atom. The minimum absolute atomic E-state index is 0.00626. The highest BCUT2D eigenvalue weighted by atomic mass is 127. The van der Waals surface area contributed by atoms with Crippen LogP contribution in [-0.2, 0) is 46.6 Å². The van der Waals surface area contributed by atoms with Gasteiger partial charge in [-0.25, -0.2) is 4.57 Å². The van der Waals surface area contributed by atoms with E-state index in [0.29, 0.717) is 12.8 Å². The Labute approximate surface area is 316 Å². The van der Waals surface area contributed by atoms with Crippen molar-refractivity contribution in [1.82, 2.24) is 5.32 Å². The molecule has 0 spiro atoms. The molecule has 3 unspecified atom stereocenters. The van der Waals surface area contributed by atoms with Crippen molar-refractivity contribution in [2.75, 3.05) is 45.1 Å². The Morgan fingerprint density at radius 2 is 1.56 bits per heavy atom. The van der Waals surface area contributed by atoms with Crippen LogP contribution in [0, 0.1) is 0 Å². The van der Waals surface area contributed by atoms with E-state index in [1.54, 1.807) is 13.2 Å². The van der Waals surface area contributed by atoms with Gasteiger partial charge in [0.2, 0.25) is 12.2 Å². The number of phosphoric ester groups is 1. The molecule has 11 nitrogen and oxygen atoms in total. The molecule has 1 heterocycles. The van der Waals surface area contributed by atoms with Crippen LogP contribution in [0.25, 0.3) is 0 Å². The number of carbonyl (C=O) groups is 1. The molecule has 0 aromatic rings. The Bertz CT molecular complexity index is 941. The molecule has 1 amide bonds. The lowest BCUT2D eigenvalue weighted by molar-refractivity contribution is -0.262. The third-order valence-corrected chi connectivity index (χ3v) is 10.6. The van der Waals surface area contributed by atoms with Gasteiger partial charge in [0.15, 0.2) is 0 Å². The van der Waals surface area contributed by atoms with Crippen LogP contribution < -0.4 is 5.32 Å². The van der Waals surface area contributed by atoms with Crippen LogP contribution in [0.1, 0.15) is 110 Å². The number of unbranched alkanes of at least 4 members (excludes halogenated alkanes) is 10. The summed E-state index contributed by atoms with van der Waals surface area (Å²) in [6, 6.07) is -0.826. The Morgan fingerprint density at radius 3 is 2.16 bits per heavy atom. The summed E-state index contributed by atoms with van der Waals surface area (Å²) in [5.74, 6) is -0.161. The molecule has 0 aliphatic carbocycles. The van der Waals surface area contributed by atoms with Crippen LogP contribution in [0.15, 0.2) is 37.6 Å². The SMILES string of the molecule is C=CCOP(=O)(OCC=C)O[C@@H]1C(COC)O[C@H](O/C=C\C)[C@H](NC(=O)CCCCCCCCCI)C1OCCC(CCCCCCC)OC. The summed E-state index contributed by atoms with van der Waals surface area (Å²) in [4.78, 5) is 13.4. The number of allylic oxidation sites excluding steroid dienone is 1. The van der Waals surface area contributed by atoms with Crippen LogP contribution in [0.5, 0.6) is 0 Å². The number of phosphoric acid groups is 1. The van der Waals surface area contributed by atoms with Crippen molar-refractivity contribution in [1.29, 1.82) is 0 Å². The van der Waals surface area contributed by atoms with Crippen molar-refractivity contribution in [2.45, 2.75) is 147 Å².